The van der Waals surface area contributed by atoms with Crippen LogP contribution in [0.3, 0.4) is 0 Å². The van der Waals surface area contributed by atoms with Crippen molar-refractivity contribution in [2.24, 2.45) is 5.92 Å². The summed E-state index contributed by atoms with van der Waals surface area (Å²) in [6.45, 7) is 5.81. The zero-order valence-electron chi connectivity index (χ0n) is 10.7. The summed E-state index contributed by atoms with van der Waals surface area (Å²) in [5.41, 5.74) is 1.02. The molecule has 1 aromatic rings. The summed E-state index contributed by atoms with van der Waals surface area (Å²) in [6, 6.07) is 9.55. The molecule has 0 aromatic heterocycles. The van der Waals surface area contributed by atoms with E-state index in [1.165, 1.54) is 0 Å². The van der Waals surface area contributed by atoms with Gasteiger partial charge in [-0.05, 0) is 18.4 Å². The summed E-state index contributed by atoms with van der Waals surface area (Å²) >= 11 is 0. The third-order valence-corrected chi connectivity index (χ3v) is 2.77. The van der Waals surface area contributed by atoms with Crippen molar-refractivity contribution in [1.82, 2.24) is 5.32 Å². The van der Waals surface area contributed by atoms with Crippen LogP contribution in [0.25, 0.3) is 0 Å². The molecule has 2 atom stereocenters. The minimum atomic E-state index is -0.201. The number of aliphatic hydroxyl groups excluding tert-OH is 1. The van der Waals surface area contributed by atoms with Crippen molar-refractivity contribution in [3.8, 4) is 0 Å². The van der Waals surface area contributed by atoms with Gasteiger partial charge < -0.3 is 10.4 Å². The van der Waals surface area contributed by atoms with Gasteiger partial charge in [0, 0.05) is 6.04 Å². The number of aliphatic hydroxyl groups is 1. The van der Waals surface area contributed by atoms with Gasteiger partial charge in [-0.1, -0.05) is 44.2 Å². The van der Waals surface area contributed by atoms with E-state index < -0.39 is 0 Å². The highest BCUT2D eigenvalue weighted by molar-refractivity contribution is 5.84. The molecule has 0 fully saturated rings. The van der Waals surface area contributed by atoms with Crippen LogP contribution in [-0.2, 0) is 4.79 Å². The third-order valence-electron chi connectivity index (χ3n) is 2.77. The monoisotopic (exact) mass is 235 g/mol. The highest BCUT2D eigenvalue weighted by atomic mass is 16.3. The Morgan fingerprint density at radius 2 is 1.82 bits per heavy atom. The Hall–Kier alpha value is -1.35. The van der Waals surface area contributed by atoms with E-state index in [0.29, 0.717) is 0 Å². The second-order valence-electron chi connectivity index (χ2n) is 4.72. The molecular weight excluding hydrogens is 214 g/mol. The molecule has 94 valence electrons. The van der Waals surface area contributed by atoms with E-state index in [9.17, 15) is 4.79 Å². The minimum Gasteiger partial charge on any atom is -0.394 e. The van der Waals surface area contributed by atoms with Gasteiger partial charge in [0.05, 0.1) is 12.5 Å². The second kappa shape index (κ2) is 6.40. The zero-order valence-corrected chi connectivity index (χ0v) is 10.7. The summed E-state index contributed by atoms with van der Waals surface area (Å²) in [5.74, 6) is 0.0428. The van der Waals surface area contributed by atoms with E-state index in [1.54, 1.807) is 6.92 Å². The molecule has 0 radical (unpaired) electrons. The van der Waals surface area contributed by atoms with Gasteiger partial charge in [0.1, 0.15) is 0 Å². The fourth-order valence-corrected chi connectivity index (χ4v) is 1.88. The van der Waals surface area contributed by atoms with Gasteiger partial charge in [0.2, 0.25) is 5.91 Å². The molecule has 0 aliphatic rings. The number of carbonyl (C=O) groups excluding carboxylic acids is 1. The molecule has 17 heavy (non-hydrogen) atoms. The van der Waals surface area contributed by atoms with E-state index in [0.717, 1.165) is 5.56 Å². The van der Waals surface area contributed by atoms with E-state index in [1.807, 2.05) is 44.2 Å². The Kier molecular flexibility index (Phi) is 5.16. The number of carbonyl (C=O) groups is 1. The minimum absolute atomic E-state index is 0.0206. The summed E-state index contributed by atoms with van der Waals surface area (Å²) in [6.07, 6.45) is 0. The predicted octanol–water partition coefficient (Wildman–Crippen LogP) is 1.92. The molecule has 1 amide bonds. The molecule has 0 spiro atoms. The normalized spacial score (nSPS) is 14.4. The van der Waals surface area contributed by atoms with E-state index in [4.69, 9.17) is 5.11 Å². The Bertz CT molecular complexity index is 348. The van der Waals surface area contributed by atoms with Gasteiger partial charge in [0.15, 0.2) is 0 Å². The summed E-state index contributed by atoms with van der Waals surface area (Å²) in [7, 11) is 0. The standard InChI is InChI=1S/C14H21NO2/c1-10(2)13(12-7-5-4-6-8-12)14(17)15-11(3)9-16/h4-8,10-11,13,16H,9H2,1-3H3,(H,15,17). The first kappa shape index (κ1) is 13.7. The topological polar surface area (TPSA) is 49.3 Å². The number of rotatable bonds is 5. The lowest BCUT2D eigenvalue weighted by Crippen LogP contribution is -2.39. The highest BCUT2D eigenvalue weighted by Crippen LogP contribution is 2.24. The maximum Gasteiger partial charge on any atom is 0.228 e. The smallest absolute Gasteiger partial charge is 0.228 e. The SMILES string of the molecule is CC(CO)NC(=O)C(c1ccccc1)C(C)C. The Labute approximate surface area is 103 Å². The molecule has 1 rings (SSSR count). The molecule has 1 aromatic carbocycles. The van der Waals surface area contributed by atoms with Crippen molar-refractivity contribution in [3.05, 3.63) is 35.9 Å². The van der Waals surface area contributed by atoms with Crippen molar-refractivity contribution >= 4 is 5.91 Å². The maximum atomic E-state index is 12.1. The lowest BCUT2D eigenvalue weighted by Gasteiger charge is -2.22. The van der Waals surface area contributed by atoms with Gasteiger partial charge in [0.25, 0.3) is 0 Å². The predicted molar refractivity (Wildman–Crippen MR) is 68.7 cm³/mol. The zero-order chi connectivity index (χ0) is 12.8. The van der Waals surface area contributed by atoms with Gasteiger partial charge in [-0.3, -0.25) is 4.79 Å². The molecule has 2 unspecified atom stereocenters. The van der Waals surface area contributed by atoms with Crippen molar-refractivity contribution in [1.29, 1.82) is 0 Å². The fraction of sp³-hybridized carbons (Fsp3) is 0.500. The molecule has 2 N–H and O–H groups in total. The van der Waals surface area contributed by atoms with Crippen LogP contribution in [0.5, 0.6) is 0 Å². The average molecular weight is 235 g/mol. The number of hydrogen-bond donors (Lipinski definition) is 2. The second-order valence-corrected chi connectivity index (χ2v) is 4.72. The summed E-state index contributed by atoms with van der Waals surface area (Å²) < 4.78 is 0. The lowest BCUT2D eigenvalue weighted by atomic mass is 9.87. The number of amides is 1. The quantitative estimate of drug-likeness (QED) is 0.819. The van der Waals surface area contributed by atoms with Crippen LogP contribution >= 0.6 is 0 Å². The Balaban J connectivity index is 2.84. The first-order valence-corrected chi connectivity index (χ1v) is 6.02. The Morgan fingerprint density at radius 1 is 1.24 bits per heavy atom. The molecule has 0 saturated heterocycles. The molecule has 0 heterocycles. The van der Waals surface area contributed by atoms with Crippen molar-refractivity contribution < 1.29 is 9.90 Å². The van der Waals surface area contributed by atoms with E-state index in [2.05, 4.69) is 5.32 Å². The molecule has 0 aliphatic carbocycles. The lowest BCUT2D eigenvalue weighted by molar-refractivity contribution is -0.124. The Morgan fingerprint density at radius 3 is 2.29 bits per heavy atom. The number of benzene rings is 1. The summed E-state index contributed by atoms with van der Waals surface area (Å²) in [4.78, 5) is 12.1. The van der Waals surface area contributed by atoms with E-state index >= 15 is 0 Å². The largest absolute Gasteiger partial charge is 0.394 e. The van der Waals surface area contributed by atoms with Crippen molar-refractivity contribution in [2.45, 2.75) is 32.7 Å². The molecule has 3 heteroatoms. The van der Waals surface area contributed by atoms with Crippen LogP contribution in [0.2, 0.25) is 0 Å². The van der Waals surface area contributed by atoms with Gasteiger partial charge >= 0.3 is 0 Å². The number of hydrogen-bond acceptors (Lipinski definition) is 2. The van der Waals surface area contributed by atoms with Gasteiger partial charge in [-0.15, -0.1) is 0 Å². The van der Waals surface area contributed by atoms with Crippen molar-refractivity contribution in [2.75, 3.05) is 6.61 Å². The van der Waals surface area contributed by atoms with Crippen LogP contribution in [0.4, 0.5) is 0 Å². The highest BCUT2D eigenvalue weighted by Gasteiger charge is 2.24. The van der Waals surface area contributed by atoms with Gasteiger partial charge in [-0.25, -0.2) is 0 Å². The van der Waals surface area contributed by atoms with Crippen LogP contribution in [0.1, 0.15) is 32.3 Å². The van der Waals surface area contributed by atoms with Gasteiger partial charge in [-0.2, -0.15) is 0 Å². The average Bonchev–Trinajstić information content (AvgIpc) is 2.29. The van der Waals surface area contributed by atoms with Crippen LogP contribution in [-0.4, -0.2) is 23.7 Å². The van der Waals surface area contributed by atoms with Crippen LogP contribution in [0.15, 0.2) is 30.3 Å². The number of nitrogens with one attached hydrogen (secondary N) is 1. The molecule has 0 saturated carbocycles. The summed E-state index contributed by atoms with van der Waals surface area (Å²) in [5, 5.41) is 11.8. The van der Waals surface area contributed by atoms with Crippen LogP contribution in [0, 0.1) is 5.92 Å². The molecule has 0 bridgehead atoms. The van der Waals surface area contributed by atoms with E-state index in [-0.39, 0.29) is 30.4 Å². The van der Waals surface area contributed by atoms with Crippen molar-refractivity contribution in [3.63, 3.8) is 0 Å². The fourth-order valence-electron chi connectivity index (χ4n) is 1.88. The van der Waals surface area contributed by atoms with Crippen LogP contribution < -0.4 is 5.32 Å². The molecule has 3 nitrogen and oxygen atoms in total. The maximum absolute atomic E-state index is 12.1. The molecule has 0 aliphatic heterocycles. The molecular formula is C14H21NO2. The first-order valence-electron chi connectivity index (χ1n) is 6.02. The third kappa shape index (κ3) is 3.86. The first-order chi connectivity index (χ1) is 8.06.